The molecule has 0 spiro atoms. The number of carbonyl (C=O) groups is 3. The molecule has 25 heavy (non-hydrogen) atoms. The molecule has 0 radical (unpaired) electrons. The normalized spacial score (nSPS) is 16.3. The van der Waals surface area contributed by atoms with Gasteiger partial charge >= 0.3 is 5.97 Å². The maximum absolute atomic E-state index is 12.3. The van der Waals surface area contributed by atoms with Gasteiger partial charge in [0.2, 0.25) is 11.8 Å². The molecule has 136 valence electrons. The van der Waals surface area contributed by atoms with Crippen molar-refractivity contribution in [3.8, 4) is 0 Å². The maximum Gasteiger partial charge on any atom is 0.335 e. The molecule has 1 aliphatic heterocycles. The SMILES string of the molecule is CC(=O)N(CCC(=O)N1CCC(O)(C(=O)O)CC1)Cc1ccccc1. The van der Waals surface area contributed by atoms with Crippen LogP contribution in [0.1, 0.15) is 31.7 Å². The minimum Gasteiger partial charge on any atom is -0.479 e. The number of aliphatic hydroxyl groups is 1. The molecule has 2 amide bonds. The van der Waals surface area contributed by atoms with E-state index in [0.717, 1.165) is 5.56 Å². The van der Waals surface area contributed by atoms with Crippen molar-refractivity contribution < 1.29 is 24.6 Å². The van der Waals surface area contributed by atoms with Gasteiger partial charge in [-0.25, -0.2) is 4.79 Å². The Morgan fingerprint density at radius 3 is 2.28 bits per heavy atom. The molecule has 0 atom stereocenters. The zero-order valence-electron chi connectivity index (χ0n) is 14.4. The first-order chi connectivity index (χ1) is 11.8. The summed E-state index contributed by atoms with van der Waals surface area (Å²) in [5.74, 6) is -1.48. The number of piperidine rings is 1. The fourth-order valence-corrected chi connectivity index (χ4v) is 2.88. The highest BCUT2D eigenvalue weighted by Crippen LogP contribution is 2.22. The molecule has 1 aromatic carbocycles. The number of hydrogen-bond acceptors (Lipinski definition) is 4. The van der Waals surface area contributed by atoms with Crippen molar-refractivity contribution in [3.05, 3.63) is 35.9 Å². The van der Waals surface area contributed by atoms with Gasteiger partial charge in [-0.15, -0.1) is 0 Å². The van der Waals surface area contributed by atoms with E-state index in [9.17, 15) is 19.5 Å². The van der Waals surface area contributed by atoms with E-state index < -0.39 is 11.6 Å². The van der Waals surface area contributed by atoms with Gasteiger partial charge in [0, 0.05) is 52.4 Å². The molecule has 0 aliphatic carbocycles. The number of aliphatic carboxylic acids is 1. The number of nitrogens with zero attached hydrogens (tertiary/aromatic N) is 2. The molecule has 1 heterocycles. The predicted octanol–water partition coefficient (Wildman–Crippen LogP) is 0.863. The summed E-state index contributed by atoms with van der Waals surface area (Å²) in [5.41, 5.74) is -0.746. The molecule has 1 aliphatic rings. The lowest BCUT2D eigenvalue weighted by Gasteiger charge is -2.35. The highest BCUT2D eigenvalue weighted by atomic mass is 16.4. The molecule has 0 unspecified atom stereocenters. The molecule has 7 nitrogen and oxygen atoms in total. The molecule has 1 saturated heterocycles. The molecule has 1 fully saturated rings. The van der Waals surface area contributed by atoms with Gasteiger partial charge in [0.05, 0.1) is 0 Å². The van der Waals surface area contributed by atoms with Crippen molar-refractivity contribution >= 4 is 17.8 Å². The van der Waals surface area contributed by atoms with Gasteiger partial charge in [0.1, 0.15) is 0 Å². The summed E-state index contributed by atoms with van der Waals surface area (Å²) in [6.45, 7) is 2.65. The number of carboxylic acid groups (broad SMARTS) is 1. The Hall–Kier alpha value is -2.41. The summed E-state index contributed by atoms with van der Waals surface area (Å²) in [6, 6.07) is 9.55. The molecular formula is C18H24N2O5. The smallest absolute Gasteiger partial charge is 0.335 e. The number of rotatable bonds is 6. The average Bonchev–Trinajstić information content (AvgIpc) is 2.59. The van der Waals surface area contributed by atoms with E-state index in [1.54, 1.807) is 9.80 Å². The lowest BCUT2D eigenvalue weighted by atomic mass is 9.91. The van der Waals surface area contributed by atoms with Crippen LogP contribution in [0.2, 0.25) is 0 Å². The Morgan fingerprint density at radius 1 is 1.16 bits per heavy atom. The standard InChI is InChI=1S/C18H24N2O5/c1-14(21)20(13-15-5-3-2-4-6-15)10-7-16(22)19-11-8-18(25,9-12-19)17(23)24/h2-6,25H,7-13H2,1H3,(H,23,24). The van der Waals surface area contributed by atoms with Crippen molar-refractivity contribution in [2.45, 2.75) is 38.3 Å². The Bertz CT molecular complexity index is 624. The number of carbonyl (C=O) groups excluding carboxylic acids is 2. The first-order valence-electron chi connectivity index (χ1n) is 8.35. The van der Waals surface area contributed by atoms with Crippen molar-refractivity contribution in [1.82, 2.24) is 9.80 Å². The van der Waals surface area contributed by atoms with Gasteiger partial charge in [-0.3, -0.25) is 9.59 Å². The monoisotopic (exact) mass is 348 g/mol. The minimum absolute atomic E-state index is 0.0223. The number of benzene rings is 1. The van der Waals surface area contributed by atoms with E-state index in [1.807, 2.05) is 30.3 Å². The summed E-state index contributed by atoms with van der Waals surface area (Å²) >= 11 is 0. The Kier molecular flexibility index (Phi) is 6.14. The predicted molar refractivity (Wildman–Crippen MR) is 90.5 cm³/mol. The van der Waals surface area contributed by atoms with Crippen LogP contribution < -0.4 is 0 Å². The highest BCUT2D eigenvalue weighted by Gasteiger charge is 2.40. The lowest BCUT2D eigenvalue weighted by Crippen LogP contribution is -2.51. The lowest BCUT2D eigenvalue weighted by molar-refractivity contribution is -0.165. The van der Waals surface area contributed by atoms with E-state index in [1.165, 1.54) is 6.92 Å². The van der Waals surface area contributed by atoms with E-state index in [0.29, 0.717) is 13.1 Å². The zero-order valence-corrected chi connectivity index (χ0v) is 14.4. The highest BCUT2D eigenvalue weighted by molar-refractivity contribution is 5.80. The van der Waals surface area contributed by atoms with Crippen molar-refractivity contribution in [2.24, 2.45) is 0 Å². The van der Waals surface area contributed by atoms with Crippen LogP contribution in [-0.2, 0) is 20.9 Å². The summed E-state index contributed by atoms with van der Waals surface area (Å²) in [4.78, 5) is 38.3. The second kappa shape index (κ2) is 8.11. The number of likely N-dealkylation sites (tertiary alicyclic amines) is 1. The Morgan fingerprint density at radius 2 is 1.76 bits per heavy atom. The summed E-state index contributed by atoms with van der Waals surface area (Å²) in [6.07, 6.45) is 0.223. The largest absolute Gasteiger partial charge is 0.479 e. The van der Waals surface area contributed by atoms with Gasteiger partial charge < -0.3 is 20.0 Å². The first kappa shape index (κ1) is 18.9. The number of carboxylic acids is 1. The molecule has 2 N–H and O–H groups in total. The van der Waals surface area contributed by atoms with E-state index in [2.05, 4.69) is 0 Å². The van der Waals surface area contributed by atoms with Crippen molar-refractivity contribution in [3.63, 3.8) is 0 Å². The van der Waals surface area contributed by atoms with Crippen LogP contribution in [0.3, 0.4) is 0 Å². The van der Waals surface area contributed by atoms with Gasteiger partial charge in [0.25, 0.3) is 0 Å². The quantitative estimate of drug-likeness (QED) is 0.795. The third kappa shape index (κ3) is 5.03. The summed E-state index contributed by atoms with van der Waals surface area (Å²) in [7, 11) is 0. The first-order valence-corrected chi connectivity index (χ1v) is 8.35. The van der Waals surface area contributed by atoms with Crippen LogP contribution in [-0.4, -0.2) is 63.0 Å². The third-order valence-electron chi connectivity index (χ3n) is 4.60. The van der Waals surface area contributed by atoms with Gasteiger partial charge in [-0.2, -0.15) is 0 Å². The summed E-state index contributed by atoms with van der Waals surface area (Å²) < 4.78 is 0. The average molecular weight is 348 g/mol. The minimum atomic E-state index is -1.74. The molecule has 2 rings (SSSR count). The Balaban J connectivity index is 1.85. The molecule has 0 saturated carbocycles. The number of amides is 2. The second-order valence-electron chi connectivity index (χ2n) is 6.39. The van der Waals surface area contributed by atoms with Crippen LogP contribution >= 0.6 is 0 Å². The van der Waals surface area contributed by atoms with Crippen molar-refractivity contribution in [2.75, 3.05) is 19.6 Å². The van der Waals surface area contributed by atoms with Gasteiger partial charge in [0.15, 0.2) is 5.60 Å². The zero-order chi connectivity index (χ0) is 18.4. The Labute approximate surface area is 146 Å². The van der Waals surface area contributed by atoms with E-state index in [-0.39, 0.29) is 44.2 Å². The van der Waals surface area contributed by atoms with Crippen LogP contribution in [0.25, 0.3) is 0 Å². The fourth-order valence-electron chi connectivity index (χ4n) is 2.88. The number of hydrogen-bond donors (Lipinski definition) is 2. The topological polar surface area (TPSA) is 98.2 Å². The molecule has 0 aromatic heterocycles. The molecule has 0 bridgehead atoms. The van der Waals surface area contributed by atoms with Crippen LogP contribution in [0.4, 0.5) is 0 Å². The van der Waals surface area contributed by atoms with E-state index >= 15 is 0 Å². The van der Waals surface area contributed by atoms with Gasteiger partial charge in [-0.1, -0.05) is 30.3 Å². The fraction of sp³-hybridized carbons (Fsp3) is 0.500. The van der Waals surface area contributed by atoms with Crippen LogP contribution in [0.15, 0.2) is 30.3 Å². The second-order valence-corrected chi connectivity index (χ2v) is 6.39. The molecular weight excluding hydrogens is 324 g/mol. The summed E-state index contributed by atoms with van der Waals surface area (Å²) in [5, 5.41) is 18.9. The van der Waals surface area contributed by atoms with Gasteiger partial charge in [-0.05, 0) is 5.56 Å². The van der Waals surface area contributed by atoms with Crippen LogP contribution in [0.5, 0.6) is 0 Å². The molecule has 7 heteroatoms. The maximum atomic E-state index is 12.3. The third-order valence-corrected chi connectivity index (χ3v) is 4.60. The van der Waals surface area contributed by atoms with Crippen LogP contribution in [0, 0.1) is 0 Å². The molecule has 1 aromatic rings. The van der Waals surface area contributed by atoms with E-state index in [4.69, 9.17) is 5.11 Å². The van der Waals surface area contributed by atoms with Crippen molar-refractivity contribution in [1.29, 1.82) is 0 Å².